The number of hydrogen-bond donors (Lipinski definition) is 7. The molecule has 65 heteroatoms. The van der Waals surface area contributed by atoms with Gasteiger partial charge in [0, 0.05) is 103 Å². The van der Waals surface area contributed by atoms with Crippen molar-refractivity contribution in [1.29, 1.82) is 0 Å². The number of carboxylic acid groups (broad SMARTS) is 2. The number of nitrogens with two attached hydrogens (primary N) is 1. The second-order valence-electron chi connectivity index (χ2n) is 26.4. The third-order valence-corrected chi connectivity index (χ3v) is 17.9. The zero-order valence-corrected chi connectivity index (χ0v) is 83.0. The molecule has 0 saturated carbocycles. The number of hydroxylamine groups is 6. The molecule has 0 aliphatic carbocycles. The number of ether oxygens (including phenoxy) is 7. The Kier molecular flexibility index (Phi) is 58.6. The van der Waals surface area contributed by atoms with E-state index in [0.717, 1.165) is 47.8 Å². The average molecular weight is 2050 g/mol. The minimum absolute atomic E-state index is 0. The number of imide groups is 6. The molecule has 0 spiro atoms. The molecule has 59 nitrogen and oxygen atoms in total. The van der Waals surface area contributed by atoms with Crippen molar-refractivity contribution in [3.63, 3.8) is 0 Å². The number of rotatable bonds is 37. The van der Waals surface area contributed by atoms with E-state index in [1.54, 1.807) is 0 Å². The summed E-state index contributed by atoms with van der Waals surface area (Å²) in [6.45, 7) is 6.47. The molecule has 0 bridgehead atoms. The first-order valence-corrected chi connectivity index (χ1v) is 41.6. The molecule has 9 rings (SSSR count). The molecule has 8 N–H and O–H groups in total. The first-order valence-electron chi connectivity index (χ1n) is 38.1. The topological polar surface area (TPSA) is 839 Å². The number of aliphatic hydroxyl groups is 2. The number of nitro groups is 3. The SMILES string of the molecule is CC(=O)O.COc1cc(C(C)O)c([N+](=O)[O-])cc1OCCCC(=O)NCCN1C(=O)C=CC1=O.COc1cc(C(C)O)c([N+](=O)[O-])cc1OCCCC(=O)O.COc1cc(C(C)OC(=O)ON2C(=O)[CH-]CC2=O)c([N+](=O)[O-])cc1OCCCC(=O)NCCN1C(=O)C=CC1=O.NCCN1C(=O)CCC1=O.O=C(ON1C(=O)[CH-]CC1=O)ON1C(=O)CC(S(=O)(=O)[O-])C1=O.O=S(=O)=O.O=S(=O)=O.[Na+].[Na+].[Na+]. The van der Waals surface area contributed by atoms with E-state index in [1.165, 1.54) is 89.5 Å². The van der Waals surface area contributed by atoms with Gasteiger partial charge in [0.25, 0.3) is 58.5 Å². The summed E-state index contributed by atoms with van der Waals surface area (Å²) in [5, 5.41) is 72.2. The Bertz CT molecular complexity index is 5310. The second kappa shape index (κ2) is 63.5. The molecule has 3 aromatic carbocycles. The van der Waals surface area contributed by atoms with Crippen molar-refractivity contribution in [2.24, 2.45) is 5.73 Å². The number of amides is 14. The van der Waals surface area contributed by atoms with Crippen LogP contribution >= 0.6 is 0 Å². The van der Waals surface area contributed by atoms with Gasteiger partial charge in [0.2, 0.25) is 35.4 Å². The zero-order chi connectivity index (χ0) is 103. The minimum atomic E-state index is -5.11. The first kappa shape index (κ1) is 127. The van der Waals surface area contributed by atoms with Gasteiger partial charge in [-0.2, -0.15) is 4.79 Å². The van der Waals surface area contributed by atoms with E-state index in [0.29, 0.717) is 32.4 Å². The molecule has 4 fully saturated rings. The smallest absolute Gasteiger partial charge is 0.747 e. The van der Waals surface area contributed by atoms with Crippen LogP contribution in [0.2, 0.25) is 0 Å². The van der Waals surface area contributed by atoms with Crippen LogP contribution < -0.4 is 133 Å². The van der Waals surface area contributed by atoms with Crippen molar-refractivity contribution >= 4 is 155 Å². The number of benzene rings is 3. The molecule has 0 radical (unpaired) electrons. The van der Waals surface area contributed by atoms with E-state index in [9.17, 15) is 135 Å². The summed E-state index contributed by atoms with van der Waals surface area (Å²) < 4.78 is 120. The standard InChI is InChI=1S/C24H25N4O12.C19H23N3O8.C13H17NO7.C9H7N2O10S.C6H10N2O2.C2H4O2.3Na.2O3S/c1-14(39-24(34)40-27-22(32)7-8-23(27)33)15-12-17(37-2)18(13-16(15)28(35)36)38-11-3-4-19(29)25-9-10-26-20(30)5-6-21(26)31;1-12(23)13-10-15(29-2)16(11-14(13)22(27)28)30-9-3-4-17(24)20-7-8-21-18(25)5-6-19(21)26;1-8(15)9-6-11(20-2)12(7-10(9)14(18)19)21-5-3-4-13(16)17;12-5-1-2-6(13)10(5)20-9(16)21-11-7(14)3-4(8(11)15)22(17,18)19;7-3-4-8-5(9)1-2-6(8)10;1-2(3)4;;;;2*1-4(2)3/h5-7,12-14H,3-4,8-11H2,1-2H3,(H,25,29);5-6,10-12,23H,3-4,7-9H2,1-2H3,(H,20,24);6-8,15H,3-5H2,1-2H3,(H,16,17);1,4H,2-3H2,(H,17,18,19);1-4,7H2;1H3,(H,3,4);;;;;/q-1;;;-1;;;3*+1;;/p-1. The number of nitro benzene ring substituents is 3. The molecular weight excluding hydrogens is 1960 g/mol. The van der Waals surface area contributed by atoms with Crippen molar-refractivity contribution in [3.8, 4) is 34.5 Å². The summed E-state index contributed by atoms with van der Waals surface area (Å²) >= 11 is 0. The second-order valence-corrected chi connectivity index (χ2v) is 28.7. The third kappa shape index (κ3) is 44.1. The minimum Gasteiger partial charge on any atom is -0.747 e. The molecule has 138 heavy (non-hydrogen) atoms. The number of carboxylic acids is 2. The quantitative estimate of drug-likeness (QED) is 0.00412. The van der Waals surface area contributed by atoms with Crippen molar-refractivity contribution in [2.75, 3.05) is 80.4 Å². The van der Waals surface area contributed by atoms with Gasteiger partial charge in [-0.1, -0.05) is 17.9 Å². The van der Waals surface area contributed by atoms with Crippen molar-refractivity contribution in [3.05, 3.63) is 121 Å². The fourth-order valence-corrected chi connectivity index (χ4v) is 11.5. The molecule has 4 saturated heterocycles. The maximum atomic E-state index is 12.1. The van der Waals surface area contributed by atoms with Crippen LogP contribution in [0.1, 0.15) is 133 Å². The van der Waals surface area contributed by atoms with Crippen LogP contribution in [0.5, 0.6) is 34.5 Å². The monoisotopic (exact) mass is 2050 g/mol. The van der Waals surface area contributed by atoms with E-state index in [2.05, 4.69) is 25.1 Å². The van der Waals surface area contributed by atoms with Gasteiger partial charge in [-0.3, -0.25) is 140 Å². The Morgan fingerprint density at radius 2 is 0.819 bits per heavy atom. The number of likely N-dealkylation sites (tertiary alicyclic amines) is 1. The average Bonchev–Trinajstić information content (AvgIpc) is 1.66. The Labute approximate surface area is 848 Å². The first-order chi connectivity index (χ1) is 63.2. The van der Waals surface area contributed by atoms with Crippen LogP contribution in [0.15, 0.2) is 60.7 Å². The fourth-order valence-electron chi connectivity index (χ4n) is 10.8. The molecule has 14 amide bonds. The van der Waals surface area contributed by atoms with E-state index in [1.807, 2.05) is 0 Å². The van der Waals surface area contributed by atoms with Gasteiger partial charge in [0.05, 0.1) is 109 Å². The van der Waals surface area contributed by atoms with Crippen LogP contribution in [0, 0.1) is 43.2 Å². The molecule has 6 heterocycles. The van der Waals surface area contributed by atoms with Gasteiger partial charge in [0.15, 0.2) is 34.5 Å². The normalized spacial score (nSPS) is 14.6. The number of aliphatic hydroxyl groups excluding tert-OH is 2. The van der Waals surface area contributed by atoms with Crippen molar-refractivity contribution in [1.82, 2.24) is 40.5 Å². The number of nitrogens with zero attached hydrogens (tertiary/aromatic N) is 9. The molecule has 4 atom stereocenters. The Morgan fingerprint density at radius 1 is 0.500 bits per heavy atom. The van der Waals surface area contributed by atoms with E-state index >= 15 is 0 Å². The molecular formula is C73H85N12Na3O47S3. The molecule has 6 aliphatic rings. The summed E-state index contributed by atoms with van der Waals surface area (Å²) in [4.78, 5) is 251. The van der Waals surface area contributed by atoms with E-state index in [-0.39, 0.29) is 281 Å². The van der Waals surface area contributed by atoms with Gasteiger partial charge in [-0.15, -0.1) is 35.4 Å². The number of hydrogen-bond acceptors (Lipinski definition) is 46. The zero-order valence-electron chi connectivity index (χ0n) is 74.6. The maximum Gasteiger partial charge on any atom is 1.00 e. The maximum absolute atomic E-state index is 12.1. The fraction of sp³-hybridized carbons (Fsp3) is 0.425. The summed E-state index contributed by atoms with van der Waals surface area (Å²) in [5.74, 6) is -9.78. The van der Waals surface area contributed by atoms with Gasteiger partial charge >= 0.3 is 128 Å². The largest absolute Gasteiger partial charge is 1.00 e. The van der Waals surface area contributed by atoms with Crippen LogP contribution in [0.4, 0.5) is 26.7 Å². The van der Waals surface area contributed by atoms with Crippen LogP contribution in [0.3, 0.4) is 0 Å². The number of aliphatic carboxylic acids is 2. The number of carbonyl (C=O) groups is 18. The molecule has 0 aromatic heterocycles. The summed E-state index contributed by atoms with van der Waals surface area (Å²) in [6, 6.07) is 7.34. The predicted octanol–water partition coefficient (Wildman–Crippen LogP) is -10.6. The van der Waals surface area contributed by atoms with Gasteiger partial charge in [0.1, 0.15) is 33.3 Å². The molecule has 740 valence electrons. The molecule has 6 aliphatic heterocycles. The Balaban J connectivity index is 0. The number of carbonyl (C=O) groups excluding carboxylic acids is 16. The number of nitrogens with one attached hydrogen (secondary N) is 2. The Hall–Kier alpha value is -12.8. The molecule has 3 aromatic rings. The predicted molar refractivity (Wildman–Crippen MR) is 433 cm³/mol. The van der Waals surface area contributed by atoms with Crippen LogP contribution in [-0.4, -0.2) is 296 Å². The summed E-state index contributed by atoms with van der Waals surface area (Å²) in [5.41, 5.74) is 4.28. The summed E-state index contributed by atoms with van der Waals surface area (Å²) in [6.07, 6.45) is 0.0908. The van der Waals surface area contributed by atoms with E-state index in [4.69, 9.17) is 79.2 Å². The number of methoxy groups -OCH3 is 3. The Morgan fingerprint density at radius 3 is 1.11 bits per heavy atom. The van der Waals surface area contributed by atoms with Crippen LogP contribution in [0.25, 0.3) is 0 Å². The van der Waals surface area contributed by atoms with Gasteiger partial charge in [-0.05, 0) is 58.2 Å². The van der Waals surface area contributed by atoms with Crippen LogP contribution in [-0.2, 0) is 127 Å². The van der Waals surface area contributed by atoms with E-state index < -0.39 is 165 Å². The van der Waals surface area contributed by atoms with Crippen molar-refractivity contribution < 1.29 is 296 Å². The molecule has 4 unspecified atom stereocenters. The van der Waals surface area contributed by atoms with Gasteiger partial charge < -0.3 is 84.1 Å². The third-order valence-electron chi connectivity index (χ3n) is 16.8. The summed E-state index contributed by atoms with van der Waals surface area (Å²) in [7, 11) is -7.30. The van der Waals surface area contributed by atoms with Gasteiger partial charge in [-0.25, -0.2) is 13.2 Å². The van der Waals surface area contributed by atoms with Crippen molar-refractivity contribution in [2.45, 2.75) is 122 Å².